The number of benzene rings is 1. The van der Waals surface area contributed by atoms with E-state index in [2.05, 4.69) is 27.1 Å². The molecule has 0 amide bonds. The van der Waals surface area contributed by atoms with Gasteiger partial charge in [-0.2, -0.15) is 0 Å². The quantitative estimate of drug-likeness (QED) is 0.294. The maximum Gasteiger partial charge on any atom is 0.231 e. The average Bonchev–Trinajstić information content (AvgIpc) is 3.22. The third-order valence-electron chi connectivity index (χ3n) is 4.18. The molecule has 3 rings (SSSR count). The van der Waals surface area contributed by atoms with Gasteiger partial charge in [-0.05, 0) is 24.6 Å². The molecule has 1 aromatic carbocycles. The third kappa shape index (κ3) is 5.12. The first kappa shape index (κ1) is 21.0. The van der Waals surface area contributed by atoms with Crippen molar-refractivity contribution in [1.29, 1.82) is 0 Å². The Bertz CT molecular complexity index is 820. The molecule has 0 saturated carbocycles. The van der Waals surface area contributed by atoms with E-state index >= 15 is 0 Å². The molecule has 2 aromatic rings. The number of halogens is 1. The number of aryl methyl sites for hydroxylation is 1. The number of aromatic nitrogens is 3. The number of rotatable bonds is 6. The molecule has 0 bridgehead atoms. The first-order chi connectivity index (χ1) is 12.6. The van der Waals surface area contributed by atoms with Crippen molar-refractivity contribution in [1.82, 2.24) is 25.0 Å². The maximum absolute atomic E-state index is 5.45. The molecule has 8 nitrogen and oxygen atoms in total. The Balaban J connectivity index is 0.00000261. The SMILES string of the molecule is C=CCNC(=NCc1nnc(C)n1C)N(C)Cc1ccc2c(c1)OCO2.I. The van der Waals surface area contributed by atoms with Crippen LogP contribution in [0.2, 0.25) is 0 Å². The van der Waals surface area contributed by atoms with Gasteiger partial charge in [0.05, 0.1) is 0 Å². The van der Waals surface area contributed by atoms with Crippen molar-refractivity contribution in [3.05, 3.63) is 48.1 Å². The van der Waals surface area contributed by atoms with Crippen LogP contribution in [0.15, 0.2) is 35.8 Å². The Kier molecular flexibility index (Phi) is 7.45. The van der Waals surface area contributed by atoms with Crippen molar-refractivity contribution in [2.45, 2.75) is 20.0 Å². The first-order valence-electron chi connectivity index (χ1n) is 8.42. The number of ether oxygens (including phenoxy) is 2. The van der Waals surface area contributed by atoms with E-state index < -0.39 is 0 Å². The first-order valence-corrected chi connectivity index (χ1v) is 8.42. The Morgan fingerprint density at radius 1 is 1.37 bits per heavy atom. The van der Waals surface area contributed by atoms with Gasteiger partial charge in [-0.3, -0.25) is 0 Å². The Morgan fingerprint density at radius 3 is 2.85 bits per heavy atom. The molecule has 0 spiro atoms. The molecule has 0 unspecified atom stereocenters. The van der Waals surface area contributed by atoms with Crippen molar-refractivity contribution in [2.24, 2.45) is 12.0 Å². The lowest BCUT2D eigenvalue weighted by atomic mass is 10.2. The normalized spacial score (nSPS) is 12.5. The lowest BCUT2D eigenvalue weighted by Gasteiger charge is -2.22. The summed E-state index contributed by atoms with van der Waals surface area (Å²) in [4.78, 5) is 6.72. The van der Waals surface area contributed by atoms with Crippen molar-refractivity contribution in [3.63, 3.8) is 0 Å². The molecule has 1 aromatic heterocycles. The van der Waals surface area contributed by atoms with E-state index in [0.717, 1.165) is 34.7 Å². The summed E-state index contributed by atoms with van der Waals surface area (Å²) in [7, 11) is 3.93. The lowest BCUT2D eigenvalue weighted by molar-refractivity contribution is 0.174. The fourth-order valence-corrected chi connectivity index (χ4v) is 2.60. The Labute approximate surface area is 176 Å². The van der Waals surface area contributed by atoms with Gasteiger partial charge in [-0.1, -0.05) is 12.1 Å². The summed E-state index contributed by atoms with van der Waals surface area (Å²) in [6, 6.07) is 5.96. The van der Waals surface area contributed by atoms with Crippen LogP contribution in [0.4, 0.5) is 0 Å². The monoisotopic (exact) mass is 484 g/mol. The minimum absolute atomic E-state index is 0. The zero-order valence-electron chi connectivity index (χ0n) is 15.8. The highest BCUT2D eigenvalue weighted by Crippen LogP contribution is 2.32. The summed E-state index contributed by atoms with van der Waals surface area (Å²) in [6.07, 6.45) is 1.80. The van der Waals surface area contributed by atoms with Gasteiger partial charge in [0.2, 0.25) is 6.79 Å². The van der Waals surface area contributed by atoms with Gasteiger partial charge in [-0.25, -0.2) is 4.99 Å². The van der Waals surface area contributed by atoms with E-state index in [4.69, 9.17) is 9.47 Å². The highest BCUT2D eigenvalue weighted by atomic mass is 127. The minimum atomic E-state index is 0. The molecule has 1 N–H and O–H groups in total. The topological polar surface area (TPSA) is 76.8 Å². The molecular weight excluding hydrogens is 459 g/mol. The van der Waals surface area contributed by atoms with Crippen LogP contribution in [-0.4, -0.2) is 46.0 Å². The number of fused-ring (bicyclic) bond motifs is 1. The van der Waals surface area contributed by atoms with Crippen LogP contribution in [0.1, 0.15) is 17.2 Å². The van der Waals surface area contributed by atoms with Crippen molar-refractivity contribution in [2.75, 3.05) is 20.4 Å². The van der Waals surface area contributed by atoms with Crippen LogP contribution < -0.4 is 14.8 Å². The van der Waals surface area contributed by atoms with Crippen LogP contribution >= 0.6 is 24.0 Å². The molecule has 1 aliphatic rings. The number of nitrogens with zero attached hydrogens (tertiary/aromatic N) is 5. The second-order valence-electron chi connectivity index (χ2n) is 6.08. The summed E-state index contributed by atoms with van der Waals surface area (Å²) in [6.45, 7) is 7.71. The molecule has 0 aliphatic carbocycles. The molecule has 27 heavy (non-hydrogen) atoms. The summed E-state index contributed by atoms with van der Waals surface area (Å²) in [5.41, 5.74) is 1.11. The molecule has 0 radical (unpaired) electrons. The number of hydrogen-bond acceptors (Lipinski definition) is 5. The molecule has 1 aliphatic heterocycles. The van der Waals surface area contributed by atoms with Gasteiger partial charge < -0.3 is 24.3 Å². The number of aliphatic imine (C=N–C) groups is 1. The molecule has 0 saturated heterocycles. The lowest BCUT2D eigenvalue weighted by Crippen LogP contribution is -2.38. The smallest absolute Gasteiger partial charge is 0.231 e. The Morgan fingerprint density at radius 2 is 2.15 bits per heavy atom. The van der Waals surface area contributed by atoms with E-state index in [9.17, 15) is 0 Å². The van der Waals surface area contributed by atoms with E-state index in [0.29, 0.717) is 19.6 Å². The van der Waals surface area contributed by atoms with Gasteiger partial charge in [-0.15, -0.1) is 40.8 Å². The second-order valence-corrected chi connectivity index (χ2v) is 6.08. The second kappa shape index (κ2) is 9.58. The zero-order valence-corrected chi connectivity index (χ0v) is 18.1. The van der Waals surface area contributed by atoms with Crippen molar-refractivity contribution in [3.8, 4) is 11.5 Å². The van der Waals surface area contributed by atoms with E-state index in [1.165, 1.54) is 0 Å². The van der Waals surface area contributed by atoms with Crippen LogP contribution in [0.3, 0.4) is 0 Å². The minimum Gasteiger partial charge on any atom is -0.454 e. The number of nitrogens with one attached hydrogen (secondary N) is 1. The van der Waals surface area contributed by atoms with E-state index in [-0.39, 0.29) is 30.8 Å². The predicted octanol–water partition coefficient (Wildman–Crippen LogP) is 2.23. The van der Waals surface area contributed by atoms with Crippen LogP contribution in [0, 0.1) is 6.92 Å². The summed E-state index contributed by atoms with van der Waals surface area (Å²) >= 11 is 0. The summed E-state index contributed by atoms with van der Waals surface area (Å²) < 4.78 is 12.7. The zero-order chi connectivity index (χ0) is 18.5. The van der Waals surface area contributed by atoms with Crippen molar-refractivity contribution >= 4 is 29.9 Å². The standard InChI is InChI=1S/C18H24N6O2.HI/c1-5-8-19-18(20-10-17-22-21-13(2)24(17)4)23(3)11-14-6-7-15-16(9-14)26-12-25-15;/h5-7,9H,1,8,10-12H2,2-4H3,(H,19,20);1H. The van der Waals surface area contributed by atoms with Gasteiger partial charge in [0.1, 0.15) is 12.4 Å². The average molecular weight is 484 g/mol. The molecule has 146 valence electrons. The van der Waals surface area contributed by atoms with Crippen LogP contribution in [0.25, 0.3) is 0 Å². The molecule has 0 atom stereocenters. The summed E-state index contributed by atoms with van der Waals surface area (Å²) in [5, 5.41) is 11.5. The van der Waals surface area contributed by atoms with E-state index in [1.807, 2.05) is 48.7 Å². The Hall–Kier alpha value is -2.30. The van der Waals surface area contributed by atoms with Gasteiger partial charge in [0, 0.05) is 27.2 Å². The number of guanidine groups is 1. The molecular formula is C18H25IN6O2. The molecule has 0 fully saturated rings. The number of hydrogen-bond donors (Lipinski definition) is 1. The largest absolute Gasteiger partial charge is 0.454 e. The van der Waals surface area contributed by atoms with Crippen LogP contribution in [-0.2, 0) is 20.1 Å². The molecule has 9 heteroatoms. The fourth-order valence-electron chi connectivity index (χ4n) is 2.60. The third-order valence-corrected chi connectivity index (χ3v) is 4.18. The van der Waals surface area contributed by atoms with Crippen molar-refractivity contribution < 1.29 is 9.47 Å². The van der Waals surface area contributed by atoms with Gasteiger partial charge >= 0.3 is 0 Å². The van der Waals surface area contributed by atoms with Crippen LogP contribution in [0.5, 0.6) is 11.5 Å². The van der Waals surface area contributed by atoms with Gasteiger partial charge in [0.25, 0.3) is 0 Å². The summed E-state index contributed by atoms with van der Waals surface area (Å²) in [5.74, 6) is 4.01. The fraction of sp³-hybridized carbons (Fsp3) is 0.389. The molecule has 2 heterocycles. The van der Waals surface area contributed by atoms with Gasteiger partial charge in [0.15, 0.2) is 23.3 Å². The maximum atomic E-state index is 5.45. The highest BCUT2D eigenvalue weighted by molar-refractivity contribution is 14.0. The van der Waals surface area contributed by atoms with E-state index in [1.54, 1.807) is 6.08 Å². The predicted molar refractivity (Wildman–Crippen MR) is 115 cm³/mol. The highest BCUT2D eigenvalue weighted by Gasteiger charge is 2.15.